The maximum Gasteiger partial charge on any atom is 0.185 e. The molecule has 1 aromatic rings. The molecule has 3 nitrogen and oxygen atoms in total. The molecule has 0 N–H and O–H groups in total. The lowest BCUT2D eigenvalue weighted by Crippen LogP contribution is -2.44. The molecule has 5 heteroatoms. The molecule has 2 rings (SSSR count). The number of hydrogen-bond acceptors (Lipinski definition) is 3. The molecule has 0 aromatic carbocycles. The molecule has 1 saturated heterocycles. The molecule has 1 aromatic heterocycles. The quantitative estimate of drug-likeness (QED) is 0.792. The van der Waals surface area contributed by atoms with Gasteiger partial charge in [-0.15, -0.1) is 0 Å². The Balaban J connectivity index is 2.32. The second-order valence-corrected chi connectivity index (χ2v) is 11.0. The van der Waals surface area contributed by atoms with E-state index in [0.717, 1.165) is 36.2 Å². The smallest absolute Gasteiger partial charge is 0.185 e. The van der Waals surface area contributed by atoms with Gasteiger partial charge in [0.25, 0.3) is 0 Å². The molecular formula is C13H20BrNO2Si. The van der Waals surface area contributed by atoms with Crippen molar-refractivity contribution in [2.45, 2.75) is 38.1 Å². The average Bonchev–Trinajstić information content (AvgIpc) is 2.28. The zero-order valence-electron chi connectivity index (χ0n) is 11.2. The van der Waals surface area contributed by atoms with Gasteiger partial charge in [0.05, 0.1) is 5.69 Å². The third-order valence-electron chi connectivity index (χ3n) is 3.00. The highest BCUT2D eigenvalue weighted by molar-refractivity contribution is 9.10. The first-order valence-corrected chi connectivity index (χ1v) is 10.5. The Hall–Kier alpha value is -0.233. The van der Waals surface area contributed by atoms with Crippen molar-refractivity contribution in [3.05, 3.63) is 28.5 Å². The van der Waals surface area contributed by atoms with Crippen LogP contribution in [0.2, 0.25) is 19.6 Å². The van der Waals surface area contributed by atoms with Crippen molar-refractivity contribution in [3.63, 3.8) is 0 Å². The SMILES string of the molecule is C[Si](C)(C)OC1(c2ccc(Br)cn2)CCOCC1. The van der Waals surface area contributed by atoms with Crippen LogP contribution in [0, 0.1) is 0 Å². The minimum Gasteiger partial charge on any atom is -0.406 e. The number of ether oxygens (including phenoxy) is 1. The van der Waals surface area contributed by atoms with Gasteiger partial charge in [-0.2, -0.15) is 0 Å². The van der Waals surface area contributed by atoms with Gasteiger partial charge >= 0.3 is 0 Å². The zero-order valence-corrected chi connectivity index (χ0v) is 13.8. The molecule has 0 unspecified atom stereocenters. The summed E-state index contributed by atoms with van der Waals surface area (Å²) in [6.45, 7) is 8.18. The Morgan fingerprint density at radius 1 is 1.28 bits per heavy atom. The normalized spacial score (nSPS) is 19.8. The molecule has 100 valence electrons. The Morgan fingerprint density at radius 3 is 2.44 bits per heavy atom. The first kappa shape index (κ1) is 14.2. The van der Waals surface area contributed by atoms with Crippen molar-refractivity contribution in [3.8, 4) is 0 Å². The van der Waals surface area contributed by atoms with Crippen LogP contribution in [-0.4, -0.2) is 26.5 Å². The van der Waals surface area contributed by atoms with E-state index in [1.807, 2.05) is 12.3 Å². The average molecular weight is 330 g/mol. The van der Waals surface area contributed by atoms with Gasteiger partial charge in [0.2, 0.25) is 0 Å². The summed E-state index contributed by atoms with van der Waals surface area (Å²) in [5.41, 5.74) is 0.792. The van der Waals surface area contributed by atoms with Gasteiger partial charge < -0.3 is 9.16 Å². The van der Waals surface area contributed by atoms with Gasteiger partial charge in [0.15, 0.2) is 8.32 Å². The van der Waals surface area contributed by atoms with Crippen molar-refractivity contribution < 1.29 is 9.16 Å². The first-order chi connectivity index (χ1) is 8.41. The number of rotatable bonds is 3. The molecule has 1 aliphatic rings. The number of nitrogens with zero attached hydrogens (tertiary/aromatic N) is 1. The molecule has 0 amide bonds. The Kier molecular flexibility index (Phi) is 4.26. The van der Waals surface area contributed by atoms with E-state index in [9.17, 15) is 0 Å². The maximum absolute atomic E-state index is 6.47. The highest BCUT2D eigenvalue weighted by atomic mass is 79.9. The van der Waals surface area contributed by atoms with Crippen LogP contribution in [-0.2, 0) is 14.8 Å². The summed E-state index contributed by atoms with van der Waals surface area (Å²) in [7, 11) is -1.62. The molecule has 0 bridgehead atoms. The first-order valence-electron chi connectivity index (χ1n) is 6.31. The third kappa shape index (κ3) is 3.41. The standard InChI is InChI=1S/C13H20BrNO2Si/c1-18(2,3)17-13(6-8-16-9-7-13)12-5-4-11(14)10-15-12/h4-5,10H,6-9H2,1-3H3. The highest BCUT2D eigenvalue weighted by Gasteiger charge is 2.40. The summed E-state index contributed by atoms with van der Waals surface area (Å²) >= 11 is 3.43. The topological polar surface area (TPSA) is 31.4 Å². The molecule has 1 fully saturated rings. The van der Waals surface area contributed by atoms with E-state index in [0.29, 0.717) is 0 Å². The van der Waals surface area contributed by atoms with Crippen LogP contribution in [0.1, 0.15) is 18.5 Å². The molecule has 0 spiro atoms. The van der Waals surface area contributed by atoms with Crippen LogP contribution in [0.15, 0.2) is 22.8 Å². The second kappa shape index (κ2) is 5.41. The Bertz CT molecular complexity index is 396. The van der Waals surface area contributed by atoms with Gasteiger partial charge in [-0.1, -0.05) is 0 Å². The molecule has 0 atom stereocenters. The molecule has 1 aliphatic heterocycles. The molecule has 18 heavy (non-hydrogen) atoms. The molecule has 2 heterocycles. The fraction of sp³-hybridized carbons (Fsp3) is 0.615. The van der Waals surface area contributed by atoms with Gasteiger partial charge in [-0.3, -0.25) is 4.98 Å². The van der Waals surface area contributed by atoms with Crippen LogP contribution >= 0.6 is 15.9 Å². The van der Waals surface area contributed by atoms with E-state index >= 15 is 0 Å². The van der Waals surface area contributed by atoms with Gasteiger partial charge in [0, 0.05) is 36.7 Å². The number of halogens is 1. The van der Waals surface area contributed by atoms with E-state index in [1.54, 1.807) is 0 Å². The molecule has 0 radical (unpaired) electrons. The van der Waals surface area contributed by atoms with Gasteiger partial charge in [0.1, 0.15) is 5.60 Å². The molecular weight excluding hydrogens is 310 g/mol. The van der Waals surface area contributed by atoms with Crippen LogP contribution in [0.25, 0.3) is 0 Å². The minimum atomic E-state index is -1.62. The van der Waals surface area contributed by atoms with Crippen LogP contribution < -0.4 is 0 Å². The summed E-state index contributed by atoms with van der Waals surface area (Å²) < 4.78 is 13.0. The summed E-state index contributed by atoms with van der Waals surface area (Å²) in [5, 5.41) is 0. The lowest BCUT2D eigenvalue weighted by molar-refractivity contribution is -0.0577. The summed E-state index contributed by atoms with van der Waals surface area (Å²) in [4.78, 5) is 4.55. The Labute approximate surface area is 118 Å². The maximum atomic E-state index is 6.47. The van der Waals surface area contributed by atoms with E-state index < -0.39 is 8.32 Å². The summed E-state index contributed by atoms with van der Waals surface area (Å²) in [6.07, 6.45) is 3.64. The molecule has 0 saturated carbocycles. The third-order valence-corrected chi connectivity index (χ3v) is 4.47. The summed E-state index contributed by atoms with van der Waals surface area (Å²) in [5.74, 6) is 0. The number of hydrogen-bond donors (Lipinski definition) is 0. The van der Waals surface area contributed by atoms with Crippen molar-refractivity contribution >= 4 is 24.2 Å². The van der Waals surface area contributed by atoms with E-state index in [1.165, 1.54) is 0 Å². The summed E-state index contributed by atoms with van der Waals surface area (Å²) in [6, 6.07) is 4.10. The van der Waals surface area contributed by atoms with Gasteiger partial charge in [-0.05, 0) is 47.7 Å². The zero-order chi connectivity index (χ0) is 13.2. The minimum absolute atomic E-state index is 0.247. The van der Waals surface area contributed by atoms with E-state index in [-0.39, 0.29) is 5.60 Å². The van der Waals surface area contributed by atoms with E-state index in [4.69, 9.17) is 9.16 Å². The predicted octanol–water partition coefficient (Wildman–Crippen LogP) is 3.70. The van der Waals surface area contributed by atoms with Crippen LogP contribution in [0.4, 0.5) is 0 Å². The fourth-order valence-electron chi connectivity index (χ4n) is 2.34. The number of aromatic nitrogens is 1. The van der Waals surface area contributed by atoms with Crippen LogP contribution in [0.3, 0.4) is 0 Å². The van der Waals surface area contributed by atoms with Crippen molar-refractivity contribution in [2.24, 2.45) is 0 Å². The van der Waals surface area contributed by atoms with E-state index in [2.05, 4.69) is 46.6 Å². The lowest BCUT2D eigenvalue weighted by Gasteiger charge is -2.41. The van der Waals surface area contributed by atoms with Crippen molar-refractivity contribution in [2.75, 3.05) is 13.2 Å². The Morgan fingerprint density at radius 2 is 1.94 bits per heavy atom. The van der Waals surface area contributed by atoms with Crippen LogP contribution in [0.5, 0.6) is 0 Å². The monoisotopic (exact) mass is 329 g/mol. The number of pyridine rings is 1. The second-order valence-electron chi connectivity index (χ2n) is 5.68. The fourth-order valence-corrected chi connectivity index (χ4v) is 4.06. The molecule has 0 aliphatic carbocycles. The predicted molar refractivity (Wildman–Crippen MR) is 78.1 cm³/mol. The van der Waals surface area contributed by atoms with Crippen molar-refractivity contribution in [1.29, 1.82) is 0 Å². The highest BCUT2D eigenvalue weighted by Crippen LogP contribution is 2.37. The lowest BCUT2D eigenvalue weighted by atomic mass is 9.90. The van der Waals surface area contributed by atoms with Gasteiger partial charge in [-0.25, -0.2) is 0 Å². The largest absolute Gasteiger partial charge is 0.406 e. The van der Waals surface area contributed by atoms with Crippen molar-refractivity contribution in [1.82, 2.24) is 4.98 Å².